The number of nitrogens with zero attached hydrogens (tertiary/aromatic N) is 4. The zero-order valence-corrected chi connectivity index (χ0v) is 15.1. The number of hydrogen-bond acceptors (Lipinski definition) is 5. The van der Waals surface area contributed by atoms with Crippen molar-refractivity contribution in [3.05, 3.63) is 66.2 Å². The van der Waals surface area contributed by atoms with Crippen molar-refractivity contribution in [1.29, 1.82) is 0 Å². The zero-order chi connectivity index (χ0) is 18.2. The Bertz CT molecular complexity index is 1080. The molecule has 1 saturated heterocycles. The van der Waals surface area contributed by atoms with Gasteiger partial charge in [0.15, 0.2) is 5.82 Å². The Labute approximate surface area is 156 Å². The van der Waals surface area contributed by atoms with Crippen molar-refractivity contribution in [2.75, 3.05) is 13.2 Å². The molecule has 3 aromatic heterocycles. The Morgan fingerprint density at radius 3 is 2.93 bits per heavy atom. The highest BCUT2D eigenvalue weighted by Crippen LogP contribution is 2.33. The Morgan fingerprint density at radius 2 is 2.04 bits per heavy atom. The topological polar surface area (TPSA) is 66.0 Å². The Balaban J connectivity index is 1.47. The average Bonchev–Trinajstić information content (AvgIpc) is 3.42. The maximum Gasteiger partial charge on any atom is 0.202 e. The van der Waals surface area contributed by atoms with Gasteiger partial charge in [-0.3, -0.25) is 4.98 Å². The number of ether oxygens (including phenoxy) is 1. The second kappa shape index (κ2) is 6.63. The molecule has 1 aromatic carbocycles. The second-order valence-corrected chi connectivity index (χ2v) is 7.05. The SMILES string of the molecule is Cc1cc(-c2nccn2[C@@H]2COC[C@H]2Cc2ccnc3ccccc23)on1. The molecule has 4 heterocycles. The highest BCUT2D eigenvalue weighted by atomic mass is 16.5. The van der Waals surface area contributed by atoms with Gasteiger partial charge in [-0.05, 0) is 31.0 Å². The molecule has 1 aliphatic rings. The molecule has 0 radical (unpaired) electrons. The quantitative estimate of drug-likeness (QED) is 0.553. The number of benzene rings is 1. The third kappa shape index (κ3) is 2.92. The van der Waals surface area contributed by atoms with Crippen LogP contribution in [0.3, 0.4) is 0 Å². The van der Waals surface area contributed by atoms with E-state index in [9.17, 15) is 0 Å². The summed E-state index contributed by atoms with van der Waals surface area (Å²) in [6.45, 7) is 3.31. The summed E-state index contributed by atoms with van der Waals surface area (Å²) >= 11 is 0. The zero-order valence-electron chi connectivity index (χ0n) is 15.1. The number of imidazole rings is 1. The van der Waals surface area contributed by atoms with Gasteiger partial charge in [-0.15, -0.1) is 0 Å². The van der Waals surface area contributed by atoms with Crippen LogP contribution in [0.25, 0.3) is 22.5 Å². The van der Waals surface area contributed by atoms with E-state index in [-0.39, 0.29) is 6.04 Å². The molecule has 0 bridgehead atoms. The Morgan fingerprint density at radius 1 is 1.11 bits per heavy atom. The molecule has 136 valence electrons. The molecule has 0 amide bonds. The van der Waals surface area contributed by atoms with Crippen LogP contribution in [0.4, 0.5) is 0 Å². The third-order valence-electron chi connectivity index (χ3n) is 5.26. The van der Waals surface area contributed by atoms with Crippen LogP contribution < -0.4 is 0 Å². The molecule has 5 rings (SSSR count). The van der Waals surface area contributed by atoms with E-state index in [0.717, 1.165) is 30.1 Å². The van der Waals surface area contributed by atoms with E-state index in [0.29, 0.717) is 18.3 Å². The second-order valence-electron chi connectivity index (χ2n) is 7.05. The number of aromatic nitrogens is 4. The van der Waals surface area contributed by atoms with E-state index >= 15 is 0 Å². The number of para-hydroxylation sites is 1. The van der Waals surface area contributed by atoms with Crippen LogP contribution in [0.2, 0.25) is 0 Å². The molecule has 0 aliphatic carbocycles. The molecule has 0 saturated carbocycles. The summed E-state index contributed by atoms with van der Waals surface area (Å²) in [5.74, 6) is 1.85. The molecular formula is C21H20N4O2. The first-order valence-electron chi connectivity index (χ1n) is 9.16. The maximum absolute atomic E-state index is 5.86. The van der Waals surface area contributed by atoms with Crippen molar-refractivity contribution in [3.63, 3.8) is 0 Å². The van der Waals surface area contributed by atoms with E-state index in [2.05, 4.69) is 44.0 Å². The standard InChI is InChI=1S/C21H20N4O2/c1-14-10-20(27-24-14)21-23-8-9-25(21)19-13-26-12-16(19)11-15-6-7-22-18-5-3-2-4-17(15)18/h2-10,16,19H,11-13H2,1H3/t16-,19-/m1/s1. The van der Waals surface area contributed by atoms with Crippen molar-refractivity contribution < 1.29 is 9.26 Å². The molecule has 0 unspecified atom stereocenters. The summed E-state index contributed by atoms with van der Waals surface area (Å²) in [5.41, 5.74) is 3.19. The summed E-state index contributed by atoms with van der Waals surface area (Å²) in [4.78, 5) is 8.98. The molecule has 6 nitrogen and oxygen atoms in total. The summed E-state index contributed by atoms with van der Waals surface area (Å²) in [6, 6.07) is 12.5. The van der Waals surface area contributed by atoms with Gasteiger partial charge in [0, 0.05) is 36.0 Å². The fraction of sp³-hybridized carbons (Fsp3) is 0.286. The molecule has 1 fully saturated rings. The molecular weight excluding hydrogens is 340 g/mol. The molecule has 4 aromatic rings. The van der Waals surface area contributed by atoms with Crippen LogP contribution in [0.1, 0.15) is 17.3 Å². The first-order chi connectivity index (χ1) is 13.3. The van der Waals surface area contributed by atoms with Gasteiger partial charge in [0.2, 0.25) is 5.76 Å². The van der Waals surface area contributed by atoms with E-state index < -0.39 is 0 Å². The predicted molar refractivity (Wildman–Crippen MR) is 101 cm³/mol. The largest absolute Gasteiger partial charge is 0.379 e. The van der Waals surface area contributed by atoms with Crippen molar-refractivity contribution in [2.45, 2.75) is 19.4 Å². The number of aryl methyl sites for hydroxylation is 1. The summed E-state index contributed by atoms with van der Waals surface area (Å²) < 4.78 is 13.5. The lowest BCUT2D eigenvalue weighted by atomic mass is 9.93. The van der Waals surface area contributed by atoms with Gasteiger partial charge in [0.1, 0.15) is 0 Å². The van der Waals surface area contributed by atoms with Crippen LogP contribution in [0.5, 0.6) is 0 Å². The first kappa shape index (κ1) is 16.2. The van der Waals surface area contributed by atoms with Crippen LogP contribution in [0, 0.1) is 12.8 Å². The van der Waals surface area contributed by atoms with Gasteiger partial charge in [-0.25, -0.2) is 4.98 Å². The van der Waals surface area contributed by atoms with Gasteiger partial charge in [0.05, 0.1) is 30.5 Å². The summed E-state index contributed by atoms with van der Waals surface area (Å²) in [7, 11) is 0. The predicted octanol–water partition coefficient (Wildman–Crippen LogP) is 3.82. The Hall–Kier alpha value is -2.99. The maximum atomic E-state index is 5.86. The molecule has 6 heteroatoms. The van der Waals surface area contributed by atoms with Crippen molar-refractivity contribution in [1.82, 2.24) is 19.7 Å². The van der Waals surface area contributed by atoms with Crippen molar-refractivity contribution >= 4 is 10.9 Å². The number of fused-ring (bicyclic) bond motifs is 1. The van der Waals surface area contributed by atoms with E-state index in [1.165, 1.54) is 10.9 Å². The lowest BCUT2D eigenvalue weighted by Gasteiger charge is -2.21. The number of rotatable bonds is 4. The van der Waals surface area contributed by atoms with Gasteiger partial charge >= 0.3 is 0 Å². The van der Waals surface area contributed by atoms with Crippen LogP contribution in [-0.2, 0) is 11.2 Å². The van der Waals surface area contributed by atoms with Crippen LogP contribution in [-0.4, -0.2) is 32.9 Å². The molecule has 0 spiro atoms. The highest BCUT2D eigenvalue weighted by Gasteiger charge is 2.32. The van der Waals surface area contributed by atoms with E-state index in [4.69, 9.17) is 9.26 Å². The smallest absolute Gasteiger partial charge is 0.202 e. The average molecular weight is 360 g/mol. The van der Waals surface area contributed by atoms with Gasteiger partial charge in [-0.2, -0.15) is 0 Å². The van der Waals surface area contributed by atoms with Gasteiger partial charge in [0.25, 0.3) is 0 Å². The minimum Gasteiger partial charge on any atom is -0.379 e. The minimum absolute atomic E-state index is 0.208. The lowest BCUT2D eigenvalue weighted by molar-refractivity contribution is 0.181. The van der Waals surface area contributed by atoms with Gasteiger partial charge < -0.3 is 13.8 Å². The number of hydrogen-bond donors (Lipinski definition) is 0. The monoisotopic (exact) mass is 360 g/mol. The minimum atomic E-state index is 0.208. The third-order valence-corrected chi connectivity index (χ3v) is 5.26. The van der Waals surface area contributed by atoms with Gasteiger partial charge in [-0.1, -0.05) is 23.4 Å². The normalized spacial score (nSPS) is 19.7. The van der Waals surface area contributed by atoms with E-state index in [1.54, 1.807) is 0 Å². The first-order valence-corrected chi connectivity index (χ1v) is 9.16. The summed E-state index contributed by atoms with van der Waals surface area (Å²) in [6.07, 6.45) is 6.64. The van der Waals surface area contributed by atoms with Crippen molar-refractivity contribution in [3.8, 4) is 11.6 Å². The highest BCUT2D eigenvalue weighted by molar-refractivity contribution is 5.81. The molecule has 27 heavy (non-hydrogen) atoms. The fourth-order valence-corrected chi connectivity index (χ4v) is 3.95. The molecule has 1 aliphatic heterocycles. The summed E-state index contributed by atoms with van der Waals surface area (Å²) in [5, 5.41) is 5.21. The number of pyridine rings is 1. The molecule has 0 N–H and O–H groups in total. The Kier molecular flexibility index (Phi) is 3.98. The van der Waals surface area contributed by atoms with Crippen molar-refractivity contribution in [2.24, 2.45) is 5.92 Å². The fourth-order valence-electron chi connectivity index (χ4n) is 3.95. The molecule has 2 atom stereocenters. The lowest BCUT2D eigenvalue weighted by Crippen LogP contribution is -2.20. The van der Waals surface area contributed by atoms with Crippen LogP contribution in [0.15, 0.2) is 59.5 Å². The van der Waals surface area contributed by atoms with Crippen LogP contribution >= 0.6 is 0 Å². The van der Waals surface area contributed by atoms with E-state index in [1.807, 2.05) is 37.6 Å².